The summed E-state index contributed by atoms with van der Waals surface area (Å²) < 4.78 is 11.3. The molecule has 0 saturated carbocycles. The number of carbonyl (C=O) groups excluding carboxylic acids is 1. The van der Waals surface area contributed by atoms with Crippen molar-refractivity contribution in [1.29, 1.82) is 0 Å². The Morgan fingerprint density at radius 3 is 2.56 bits per heavy atom. The van der Waals surface area contributed by atoms with Crippen LogP contribution in [0.2, 0.25) is 0 Å². The van der Waals surface area contributed by atoms with E-state index in [0.29, 0.717) is 35.7 Å². The van der Waals surface area contributed by atoms with E-state index >= 15 is 0 Å². The van der Waals surface area contributed by atoms with E-state index < -0.39 is 12.6 Å². The fourth-order valence-corrected chi connectivity index (χ4v) is 4.51. The molecule has 132 valence electrons. The molecule has 1 aliphatic heterocycles. The minimum absolute atomic E-state index is 0.170. The molecule has 0 atom stereocenters. The van der Waals surface area contributed by atoms with Crippen LogP contribution in [0.15, 0.2) is 34.8 Å². The van der Waals surface area contributed by atoms with Crippen LogP contribution in [0.3, 0.4) is 0 Å². The average molecular weight is 426 g/mol. The van der Waals surface area contributed by atoms with Gasteiger partial charge in [0.05, 0.1) is 22.6 Å². The van der Waals surface area contributed by atoms with Crippen molar-refractivity contribution >= 4 is 39.1 Å². The molecule has 0 unspecified atom stereocenters. The highest BCUT2D eigenvalue weighted by Gasteiger charge is 2.28. The van der Waals surface area contributed by atoms with Crippen molar-refractivity contribution in [3.05, 3.63) is 39.7 Å². The number of hydrogen-bond acceptors (Lipinski definition) is 5. The molecule has 8 heteroatoms. The van der Waals surface area contributed by atoms with Crippen LogP contribution < -0.4 is 4.74 Å². The highest BCUT2D eigenvalue weighted by Crippen LogP contribution is 2.46. The molecule has 0 radical (unpaired) electrons. The van der Waals surface area contributed by atoms with Crippen LogP contribution in [-0.2, 0) is 9.53 Å². The Kier molecular flexibility index (Phi) is 5.72. The first-order valence-electron chi connectivity index (χ1n) is 7.67. The van der Waals surface area contributed by atoms with E-state index in [9.17, 15) is 9.59 Å². The zero-order valence-corrected chi connectivity index (χ0v) is 15.6. The number of nitrogens with zero attached hydrogens (tertiary/aromatic N) is 1. The molecule has 1 aromatic carbocycles. The topological polar surface area (TPSA) is 76.1 Å². The Bertz CT molecular complexity index is 771. The summed E-state index contributed by atoms with van der Waals surface area (Å²) in [6, 6.07) is 9.58. The second-order valence-corrected chi connectivity index (χ2v) is 7.17. The number of rotatable bonds is 5. The van der Waals surface area contributed by atoms with Gasteiger partial charge in [-0.3, -0.25) is 4.79 Å². The summed E-state index contributed by atoms with van der Waals surface area (Å²) in [4.78, 5) is 26.7. The summed E-state index contributed by atoms with van der Waals surface area (Å²) in [5.74, 6) is -0.983. The first-order chi connectivity index (χ1) is 12.1. The van der Waals surface area contributed by atoms with Crippen LogP contribution in [0.5, 0.6) is 5.75 Å². The standard InChI is InChI=1S/C17H16BrNO5S/c18-13-14(24-10-12(20)21)16(17(22)19-6-8-23-9-7-19)25-15(13)11-4-2-1-3-5-11/h1-5H,6-10H2,(H,20,21). The Labute approximate surface area is 157 Å². The fraction of sp³-hybridized carbons (Fsp3) is 0.294. The molecule has 6 nitrogen and oxygen atoms in total. The number of amides is 1. The predicted molar refractivity (Wildman–Crippen MR) is 97.3 cm³/mol. The number of ether oxygens (including phenoxy) is 2. The maximum Gasteiger partial charge on any atom is 0.341 e. The van der Waals surface area contributed by atoms with Crippen LogP contribution in [0.25, 0.3) is 10.4 Å². The van der Waals surface area contributed by atoms with E-state index in [-0.39, 0.29) is 11.7 Å². The van der Waals surface area contributed by atoms with Crippen LogP contribution in [0.1, 0.15) is 9.67 Å². The molecule has 0 spiro atoms. The van der Waals surface area contributed by atoms with Gasteiger partial charge >= 0.3 is 5.97 Å². The lowest BCUT2D eigenvalue weighted by Gasteiger charge is -2.26. The highest BCUT2D eigenvalue weighted by molar-refractivity contribution is 9.10. The maximum absolute atomic E-state index is 12.9. The molecule has 1 fully saturated rings. The molecule has 1 N–H and O–H groups in total. The Morgan fingerprint density at radius 2 is 1.92 bits per heavy atom. The van der Waals surface area contributed by atoms with Gasteiger partial charge in [0.25, 0.3) is 5.91 Å². The molecule has 1 aliphatic rings. The van der Waals surface area contributed by atoms with Crippen LogP contribution in [0, 0.1) is 0 Å². The van der Waals surface area contributed by atoms with Gasteiger partial charge in [-0.2, -0.15) is 0 Å². The van der Waals surface area contributed by atoms with Crippen molar-refractivity contribution in [3.8, 4) is 16.2 Å². The van der Waals surface area contributed by atoms with Gasteiger partial charge in [0.15, 0.2) is 12.4 Å². The van der Waals surface area contributed by atoms with E-state index in [2.05, 4.69) is 15.9 Å². The number of thiophene rings is 1. The Morgan fingerprint density at radius 1 is 1.24 bits per heavy atom. The van der Waals surface area contributed by atoms with Crippen LogP contribution in [-0.4, -0.2) is 54.8 Å². The van der Waals surface area contributed by atoms with Gasteiger partial charge in [0, 0.05) is 13.1 Å². The zero-order valence-electron chi connectivity index (χ0n) is 13.2. The summed E-state index contributed by atoms with van der Waals surface area (Å²) in [5, 5.41) is 8.92. The molecule has 1 saturated heterocycles. The first-order valence-corrected chi connectivity index (χ1v) is 9.28. The van der Waals surface area contributed by atoms with Gasteiger partial charge in [0.1, 0.15) is 4.88 Å². The van der Waals surface area contributed by atoms with Crippen molar-refractivity contribution in [2.24, 2.45) is 0 Å². The molecule has 25 heavy (non-hydrogen) atoms. The number of carboxylic acids is 1. The number of morpholine rings is 1. The number of halogens is 1. The summed E-state index contributed by atoms with van der Waals surface area (Å²) in [7, 11) is 0. The third-order valence-corrected chi connectivity index (χ3v) is 5.90. The van der Waals surface area contributed by atoms with Crippen molar-refractivity contribution in [2.45, 2.75) is 0 Å². The molecule has 1 aromatic heterocycles. The Balaban J connectivity index is 1.99. The van der Waals surface area contributed by atoms with Crippen molar-refractivity contribution in [2.75, 3.05) is 32.9 Å². The highest BCUT2D eigenvalue weighted by atomic mass is 79.9. The molecule has 0 aliphatic carbocycles. The zero-order chi connectivity index (χ0) is 17.8. The van der Waals surface area contributed by atoms with Gasteiger partial charge in [0.2, 0.25) is 0 Å². The third-order valence-electron chi connectivity index (χ3n) is 3.68. The van der Waals surface area contributed by atoms with Gasteiger partial charge in [-0.05, 0) is 21.5 Å². The molecule has 2 heterocycles. The Hall–Kier alpha value is -1.90. The molecule has 0 bridgehead atoms. The van der Waals surface area contributed by atoms with Gasteiger partial charge in [-0.15, -0.1) is 11.3 Å². The third kappa shape index (κ3) is 4.02. The molecule has 2 aromatic rings. The van der Waals surface area contributed by atoms with Gasteiger partial charge in [-0.25, -0.2) is 4.79 Å². The van der Waals surface area contributed by atoms with Crippen LogP contribution in [0.4, 0.5) is 0 Å². The van der Waals surface area contributed by atoms with Crippen molar-refractivity contribution < 1.29 is 24.2 Å². The lowest BCUT2D eigenvalue weighted by atomic mass is 10.2. The summed E-state index contributed by atoms with van der Waals surface area (Å²) in [5.41, 5.74) is 0.931. The lowest BCUT2D eigenvalue weighted by Crippen LogP contribution is -2.40. The SMILES string of the molecule is O=C(O)COc1c(C(=O)N2CCOCC2)sc(-c2ccccc2)c1Br. The van der Waals surface area contributed by atoms with E-state index in [1.165, 1.54) is 11.3 Å². The minimum atomic E-state index is -1.09. The minimum Gasteiger partial charge on any atom is -0.479 e. The summed E-state index contributed by atoms with van der Waals surface area (Å²) in [6.07, 6.45) is 0. The number of carboxylic acid groups (broad SMARTS) is 1. The quantitative estimate of drug-likeness (QED) is 0.795. The second kappa shape index (κ2) is 7.99. The maximum atomic E-state index is 12.9. The monoisotopic (exact) mass is 425 g/mol. The number of carbonyl (C=O) groups is 2. The van der Waals surface area contributed by atoms with E-state index in [1.54, 1.807) is 4.90 Å². The average Bonchev–Trinajstić information content (AvgIpc) is 2.97. The largest absolute Gasteiger partial charge is 0.479 e. The number of benzene rings is 1. The van der Waals surface area contributed by atoms with Crippen molar-refractivity contribution in [1.82, 2.24) is 4.90 Å². The smallest absolute Gasteiger partial charge is 0.341 e. The van der Waals surface area contributed by atoms with E-state index in [4.69, 9.17) is 14.6 Å². The van der Waals surface area contributed by atoms with Gasteiger partial charge < -0.3 is 19.5 Å². The van der Waals surface area contributed by atoms with Crippen LogP contribution >= 0.6 is 27.3 Å². The van der Waals surface area contributed by atoms with E-state index in [1.807, 2.05) is 30.3 Å². The second-order valence-electron chi connectivity index (χ2n) is 5.36. The number of aliphatic carboxylic acids is 1. The molecular weight excluding hydrogens is 410 g/mol. The molecule has 1 amide bonds. The number of hydrogen-bond donors (Lipinski definition) is 1. The lowest BCUT2D eigenvalue weighted by molar-refractivity contribution is -0.139. The molecular formula is C17H16BrNO5S. The summed E-state index contributed by atoms with van der Waals surface area (Å²) in [6.45, 7) is 1.50. The van der Waals surface area contributed by atoms with E-state index in [0.717, 1.165) is 10.4 Å². The predicted octanol–water partition coefficient (Wildman–Crippen LogP) is 3.11. The molecule has 3 rings (SSSR count). The first kappa shape index (κ1) is 17.9. The van der Waals surface area contributed by atoms with Gasteiger partial charge in [-0.1, -0.05) is 30.3 Å². The fourth-order valence-electron chi connectivity index (χ4n) is 2.48. The summed E-state index contributed by atoms with van der Waals surface area (Å²) >= 11 is 4.77. The van der Waals surface area contributed by atoms with Crippen molar-refractivity contribution in [3.63, 3.8) is 0 Å². The normalized spacial score (nSPS) is 14.4.